The van der Waals surface area contributed by atoms with E-state index in [0.29, 0.717) is 5.56 Å². The lowest BCUT2D eigenvalue weighted by molar-refractivity contribution is -0.113. The van der Waals surface area contributed by atoms with Crippen molar-refractivity contribution in [2.24, 2.45) is 0 Å². The van der Waals surface area contributed by atoms with Gasteiger partial charge in [-0.05, 0) is 12.1 Å². The lowest BCUT2D eigenvalue weighted by atomic mass is 10.2. The summed E-state index contributed by atoms with van der Waals surface area (Å²) >= 11 is 1.18. The minimum Gasteiger partial charge on any atom is -0.453 e. The van der Waals surface area contributed by atoms with Crippen molar-refractivity contribution in [2.75, 3.05) is 6.61 Å². The maximum atomic E-state index is 11.5. The molecule has 1 aromatic carbocycles. The van der Waals surface area contributed by atoms with Gasteiger partial charge in [0.15, 0.2) is 6.61 Å². The van der Waals surface area contributed by atoms with Crippen molar-refractivity contribution < 1.29 is 14.3 Å². The van der Waals surface area contributed by atoms with E-state index in [1.165, 1.54) is 11.8 Å². The minimum absolute atomic E-state index is 0.137. The number of ether oxygens (including phenoxy) is 1. The van der Waals surface area contributed by atoms with E-state index in [-0.39, 0.29) is 16.5 Å². The molecule has 0 aliphatic heterocycles. The van der Waals surface area contributed by atoms with Crippen LogP contribution in [0.4, 0.5) is 0 Å². The number of rotatable bonds is 3. The summed E-state index contributed by atoms with van der Waals surface area (Å²) < 4.78 is 4.77. The Morgan fingerprint density at radius 3 is 2.29 bits per heavy atom. The summed E-state index contributed by atoms with van der Waals surface area (Å²) in [6, 6.07) is 8.63. The molecular formula is C13H16O3S. The molecule has 1 aromatic rings. The van der Waals surface area contributed by atoms with Gasteiger partial charge in [0.05, 0.1) is 5.56 Å². The molecule has 0 saturated carbocycles. The van der Waals surface area contributed by atoms with Crippen LogP contribution in [0.5, 0.6) is 0 Å². The van der Waals surface area contributed by atoms with Crippen molar-refractivity contribution in [1.82, 2.24) is 0 Å². The standard InChI is InChI=1S/C13H16O3S/c1-13(2,3)17-11(14)9-16-12(15)10-7-5-4-6-8-10/h4-8H,9H2,1-3H3. The molecule has 0 radical (unpaired) electrons. The van der Waals surface area contributed by atoms with Crippen LogP contribution in [0.25, 0.3) is 0 Å². The highest BCUT2D eigenvalue weighted by Gasteiger charge is 2.18. The summed E-state index contributed by atoms with van der Waals surface area (Å²) in [5.74, 6) is -0.464. The van der Waals surface area contributed by atoms with Crippen LogP contribution in [0.3, 0.4) is 0 Å². The second kappa shape index (κ2) is 5.87. The average molecular weight is 252 g/mol. The molecule has 0 aromatic heterocycles. The van der Waals surface area contributed by atoms with Crippen LogP contribution in [-0.2, 0) is 9.53 Å². The van der Waals surface area contributed by atoms with Gasteiger partial charge in [0, 0.05) is 4.75 Å². The summed E-state index contributed by atoms with van der Waals surface area (Å²) in [5.41, 5.74) is 0.459. The van der Waals surface area contributed by atoms with E-state index in [1.54, 1.807) is 24.3 Å². The van der Waals surface area contributed by atoms with Gasteiger partial charge in [-0.15, -0.1) is 0 Å². The van der Waals surface area contributed by atoms with Crippen molar-refractivity contribution in [3.05, 3.63) is 35.9 Å². The molecule has 0 bridgehead atoms. The van der Waals surface area contributed by atoms with Gasteiger partial charge < -0.3 is 4.74 Å². The molecule has 0 amide bonds. The van der Waals surface area contributed by atoms with Gasteiger partial charge in [0.2, 0.25) is 5.12 Å². The molecule has 0 spiro atoms. The van der Waals surface area contributed by atoms with E-state index in [0.717, 1.165) is 0 Å². The van der Waals surface area contributed by atoms with Crippen molar-refractivity contribution in [2.45, 2.75) is 25.5 Å². The number of esters is 1. The first kappa shape index (κ1) is 13.8. The molecule has 0 saturated heterocycles. The number of thioether (sulfide) groups is 1. The predicted molar refractivity (Wildman–Crippen MR) is 69.1 cm³/mol. The molecule has 3 nitrogen and oxygen atoms in total. The first-order valence-corrected chi connectivity index (χ1v) is 6.14. The Morgan fingerprint density at radius 1 is 1.18 bits per heavy atom. The molecule has 4 heteroatoms. The second-order valence-electron chi connectivity index (χ2n) is 4.53. The Balaban J connectivity index is 2.42. The van der Waals surface area contributed by atoms with Crippen LogP contribution >= 0.6 is 11.8 Å². The third-order valence-electron chi connectivity index (χ3n) is 1.75. The second-order valence-corrected chi connectivity index (χ2v) is 6.41. The monoisotopic (exact) mass is 252 g/mol. The van der Waals surface area contributed by atoms with Crippen molar-refractivity contribution >= 4 is 22.8 Å². The zero-order valence-electron chi connectivity index (χ0n) is 10.2. The van der Waals surface area contributed by atoms with E-state index in [9.17, 15) is 9.59 Å². The third kappa shape index (κ3) is 5.54. The fourth-order valence-electron chi connectivity index (χ4n) is 1.15. The lowest BCUT2D eigenvalue weighted by Crippen LogP contribution is -2.17. The Kier molecular flexibility index (Phi) is 4.75. The number of carbonyl (C=O) groups is 2. The number of benzene rings is 1. The first-order valence-electron chi connectivity index (χ1n) is 5.32. The van der Waals surface area contributed by atoms with Crippen LogP contribution in [0, 0.1) is 0 Å². The summed E-state index contributed by atoms with van der Waals surface area (Å²) in [6.45, 7) is 5.63. The summed E-state index contributed by atoms with van der Waals surface area (Å²) in [7, 11) is 0. The highest BCUT2D eigenvalue weighted by atomic mass is 32.2. The van der Waals surface area contributed by atoms with Gasteiger partial charge in [-0.25, -0.2) is 4.79 Å². The Bertz CT molecular complexity index is 393. The minimum atomic E-state index is -0.464. The van der Waals surface area contributed by atoms with Crippen LogP contribution in [0.15, 0.2) is 30.3 Å². The van der Waals surface area contributed by atoms with E-state index >= 15 is 0 Å². The first-order chi connectivity index (χ1) is 7.88. The maximum absolute atomic E-state index is 11.5. The zero-order valence-corrected chi connectivity index (χ0v) is 11.0. The fourth-order valence-corrected chi connectivity index (χ4v) is 1.95. The topological polar surface area (TPSA) is 43.4 Å². The molecule has 0 unspecified atom stereocenters. The molecular weight excluding hydrogens is 236 g/mol. The molecule has 1 rings (SSSR count). The van der Waals surface area contributed by atoms with Crippen molar-refractivity contribution in [1.29, 1.82) is 0 Å². The predicted octanol–water partition coefficient (Wildman–Crippen LogP) is 2.90. The number of hydrogen-bond donors (Lipinski definition) is 0. The summed E-state index contributed by atoms with van der Waals surface area (Å²) in [5, 5.41) is -0.137. The number of carbonyl (C=O) groups excluding carboxylic acids is 2. The smallest absolute Gasteiger partial charge is 0.338 e. The van der Waals surface area contributed by atoms with E-state index in [2.05, 4.69) is 0 Å². The fraction of sp³-hybridized carbons (Fsp3) is 0.385. The van der Waals surface area contributed by atoms with Crippen LogP contribution in [-0.4, -0.2) is 22.4 Å². The lowest BCUT2D eigenvalue weighted by Gasteiger charge is -2.15. The van der Waals surface area contributed by atoms with Gasteiger partial charge in [-0.2, -0.15) is 0 Å². The molecule has 92 valence electrons. The zero-order chi connectivity index (χ0) is 12.9. The van der Waals surface area contributed by atoms with Gasteiger partial charge in [-0.3, -0.25) is 4.79 Å². The number of hydrogen-bond acceptors (Lipinski definition) is 4. The third-order valence-corrected chi connectivity index (χ3v) is 2.71. The highest BCUT2D eigenvalue weighted by Crippen LogP contribution is 2.23. The van der Waals surface area contributed by atoms with Crippen molar-refractivity contribution in [3.63, 3.8) is 0 Å². The molecule has 0 heterocycles. The van der Waals surface area contributed by atoms with Gasteiger partial charge in [-0.1, -0.05) is 50.7 Å². The molecule has 17 heavy (non-hydrogen) atoms. The molecule has 0 atom stereocenters. The van der Waals surface area contributed by atoms with E-state index in [4.69, 9.17) is 4.74 Å². The Hall–Kier alpha value is -1.29. The largest absolute Gasteiger partial charge is 0.453 e. The summed E-state index contributed by atoms with van der Waals surface area (Å²) in [6.07, 6.45) is 0. The van der Waals surface area contributed by atoms with E-state index < -0.39 is 5.97 Å². The van der Waals surface area contributed by atoms with Crippen LogP contribution < -0.4 is 0 Å². The summed E-state index contributed by atoms with van der Waals surface area (Å²) in [4.78, 5) is 23.0. The molecule has 0 fully saturated rings. The van der Waals surface area contributed by atoms with E-state index in [1.807, 2.05) is 26.8 Å². The van der Waals surface area contributed by atoms with Gasteiger partial charge in [0.1, 0.15) is 0 Å². The Labute approximate surface area is 106 Å². The maximum Gasteiger partial charge on any atom is 0.338 e. The van der Waals surface area contributed by atoms with Crippen molar-refractivity contribution in [3.8, 4) is 0 Å². The molecule has 0 aliphatic carbocycles. The van der Waals surface area contributed by atoms with Gasteiger partial charge in [0.25, 0.3) is 0 Å². The Morgan fingerprint density at radius 2 is 1.76 bits per heavy atom. The van der Waals surface area contributed by atoms with Crippen LogP contribution in [0.1, 0.15) is 31.1 Å². The highest BCUT2D eigenvalue weighted by molar-refractivity contribution is 8.14. The molecule has 0 aliphatic rings. The average Bonchev–Trinajstić information content (AvgIpc) is 2.25. The van der Waals surface area contributed by atoms with Gasteiger partial charge >= 0.3 is 5.97 Å². The normalized spacial score (nSPS) is 11.0. The SMILES string of the molecule is CC(C)(C)SC(=O)COC(=O)c1ccccc1. The molecule has 0 N–H and O–H groups in total. The quantitative estimate of drug-likeness (QED) is 0.776. The van der Waals surface area contributed by atoms with Crippen LogP contribution in [0.2, 0.25) is 0 Å².